The van der Waals surface area contributed by atoms with Gasteiger partial charge in [-0.2, -0.15) is 0 Å². The number of esters is 1. The Hall–Kier alpha value is -2.36. The number of nitrogens with zero attached hydrogens (tertiary/aromatic N) is 1. The zero-order valence-electron chi connectivity index (χ0n) is 12.7. The SMILES string of the molecule is CCCCCC(=O)OCN1C(=O)c2cccc3cccc1c23. The van der Waals surface area contributed by atoms with Crippen LogP contribution in [0.2, 0.25) is 0 Å². The molecule has 1 heterocycles. The summed E-state index contributed by atoms with van der Waals surface area (Å²) in [5.74, 6) is -0.350. The van der Waals surface area contributed by atoms with Crippen molar-refractivity contribution in [1.82, 2.24) is 0 Å². The van der Waals surface area contributed by atoms with Gasteiger partial charge in [-0.05, 0) is 23.9 Å². The van der Waals surface area contributed by atoms with Crippen LogP contribution in [0.3, 0.4) is 0 Å². The highest BCUT2D eigenvalue weighted by molar-refractivity contribution is 6.24. The van der Waals surface area contributed by atoms with Crippen LogP contribution < -0.4 is 4.90 Å². The fraction of sp³-hybridized carbons (Fsp3) is 0.333. The van der Waals surface area contributed by atoms with Gasteiger partial charge in [-0.15, -0.1) is 0 Å². The Balaban J connectivity index is 1.73. The highest BCUT2D eigenvalue weighted by Gasteiger charge is 2.30. The van der Waals surface area contributed by atoms with E-state index in [1.54, 1.807) is 0 Å². The highest BCUT2D eigenvalue weighted by atomic mass is 16.5. The number of hydrogen-bond donors (Lipinski definition) is 0. The van der Waals surface area contributed by atoms with Crippen molar-refractivity contribution < 1.29 is 14.3 Å². The second-order valence-electron chi connectivity index (χ2n) is 5.52. The number of rotatable bonds is 6. The first-order valence-electron chi connectivity index (χ1n) is 7.71. The van der Waals surface area contributed by atoms with Gasteiger partial charge in [0.15, 0.2) is 6.73 Å². The molecule has 4 heteroatoms. The molecule has 1 aliphatic heterocycles. The van der Waals surface area contributed by atoms with E-state index in [0.717, 1.165) is 35.7 Å². The van der Waals surface area contributed by atoms with Crippen molar-refractivity contribution in [3.63, 3.8) is 0 Å². The average molecular weight is 297 g/mol. The molecular formula is C18H19NO3. The molecule has 0 saturated heterocycles. The Morgan fingerprint density at radius 2 is 1.91 bits per heavy atom. The van der Waals surface area contributed by atoms with Crippen LogP contribution in [-0.4, -0.2) is 18.6 Å². The van der Waals surface area contributed by atoms with E-state index in [9.17, 15) is 9.59 Å². The molecule has 0 saturated carbocycles. The Bertz CT molecular complexity index is 718. The number of amides is 1. The van der Waals surface area contributed by atoms with E-state index in [1.807, 2.05) is 36.4 Å². The van der Waals surface area contributed by atoms with E-state index < -0.39 is 0 Å². The quantitative estimate of drug-likeness (QED) is 0.600. The largest absolute Gasteiger partial charge is 0.444 e. The smallest absolute Gasteiger partial charge is 0.307 e. The van der Waals surface area contributed by atoms with Crippen molar-refractivity contribution in [2.45, 2.75) is 32.6 Å². The Morgan fingerprint density at radius 3 is 2.68 bits per heavy atom. The van der Waals surface area contributed by atoms with Crippen LogP contribution in [0.4, 0.5) is 5.69 Å². The molecular weight excluding hydrogens is 278 g/mol. The van der Waals surface area contributed by atoms with E-state index in [1.165, 1.54) is 4.90 Å². The second kappa shape index (κ2) is 6.18. The van der Waals surface area contributed by atoms with Crippen LogP contribution in [0.25, 0.3) is 10.8 Å². The van der Waals surface area contributed by atoms with Gasteiger partial charge in [-0.3, -0.25) is 14.5 Å². The summed E-state index contributed by atoms with van der Waals surface area (Å²) >= 11 is 0. The molecule has 0 aliphatic carbocycles. The summed E-state index contributed by atoms with van der Waals surface area (Å²) in [6, 6.07) is 11.5. The normalized spacial score (nSPS) is 13.0. The number of benzene rings is 2. The number of hydrogen-bond acceptors (Lipinski definition) is 3. The predicted molar refractivity (Wildman–Crippen MR) is 85.9 cm³/mol. The maximum atomic E-state index is 12.5. The van der Waals surface area contributed by atoms with Crippen LogP contribution in [0.1, 0.15) is 43.0 Å². The molecule has 4 nitrogen and oxygen atoms in total. The molecule has 1 aliphatic rings. The van der Waals surface area contributed by atoms with Crippen LogP contribution >= 0.6 is 0 Å². The van der Waals surface area contributed by atoms with E-state index in [4.69, 9.17) is 4.74 Å². The molecule has 0 fully saturated rings. The fourth-order valence-electron chi connectivity index (χ4n) is 2.84. The third-order valence-corrected chi connectivity index (χ3v) is 3.99. The molecule has 1 amide bonds. The van der Waals surface area contributed by atoms with E-state index in [0.29, 0.717) is 12.0 Å². The highest BCUT2D eigenvalue weighted by Crippen LogP contribution is 2.36. The third-order valence-electron chi connectivity index (χ3n) is 3.99. The monoisotopic (exact) mass is 297 g/mol. The lowest BCUT2D eigenvalue weighted by Gasteiger charge is -2.17. The molecule has 0 unspecified atom stereocenters. The summed E-state index contributed by atoms with van der Waals surface area (Å²) in [5, 5.41) is 1.97. The molecule has 22 heavy (non-hydrogen) atoms. The van der Waals surface area contributed by atoms with E-state index >= 15 is 0 Å². The summed E-state index contributed by atoms with van der Waals surface area (Å²) in [6.45, 7) is 2.07. The summed E-state index contributed by atoms with van der Waals surface area (Å²) in [6.07, 6.45) is 3.32. The van der Waals surface area contributed by atoms with Crippen molar-refractivity contribution in [1.29, 1.82) is 0 Å². The summed E-state index contributed by atoms with van der Waals surface area (Å²) in [7, 11) is 0. The van der Waals surface area contributed by atoms with Gasteiger partial charge in [0.1, 0.15) is 0 Å². The third kappa shape index (κ3) is 2.56. The molecule has 0 aromatic heterocycles. The average Bonchev–Trinajstić information content (AvgIpc) is 2.81. The number of unbranched alkanes of at least 4 members (excludes halogenated alkanes) is 2. The predicted octanol–water partition coefficient (Wildman–Crippen LogP) is 3.88. The molecule has 0 radical (unpaired) electrons. The van der Waals surface area contributed by atoms with E-state index in [-0.39, 0.29) is 18.6 Å². The maximum Gasteiger partial charge on any atom is 0.307 e. The van der Waals surface area contributed by atoms with Crippen molar-refractivity contribution in [3.8, 4) is 0 Å². The minimum Gasteiger partial charge on any atom is -0.444 e. The van der Waals surface area contributed by atoms with Gasteiger partial charge in [0.2, 0.25) is 0 Å². The van der Waals surface area contributed by atoms with Gasteiger partial charge in [-0.25, -0.2) is 0 Å². The lowest BCUT2D eigenvalue weighted by molar-refractivity contribution is -0.143. The second-order valence-corrected chi connectivity index (χ2v) is 5.52. The molecule has 3 rings (SSSR count). The molecule has 2 aromatic carbocycles. The van der Waals surface area contributed by atoms with Gasteiger partial charge in [0.05, 0.1) is 5.69 Å². The van der Waals surface area contributed by atoms with Crippen LogP contribution in [0.15, 0.2) is 36.4 Å². The standard InChI is InChI=1S/C18H19NO3/c1-2-3-4-11-16(20)22-12-19-15-10-6-8-13-7-5-9-14(17(13)15)18(19)21/h5-10H,2-4,11-12H2,1H3. The zero-order chi connectivity index (χ0) is 15.5. The summed E-state index contributed by atoms with van der Waals surface area (Å²) < 4.78 is 5.27. The van der Waals surface area contributed by atoms with Crippen molar-refractivity contribution in [2.75, 3.05) is 11.6 Å². The minimum atomic E-state index is -0.246. The Kier molecular flexibility index (Phi) is 4.09. The van der Waals surface area contributed by atoms with Crippen LogP contribution in [-0.2, 0) is 9.53 Å². The van der Waals surface area contributed by atoms with Crippen molar-refractivity contribution in [3.05, 3.63) is 42.0 Å². The minimum absolute atomic E-state index is 0.0163. The molecule has 114 valence electrons. The Labute approximate surface area is 129 Å². The fourth-order valence-corrected chi connectivity index (χ4v) is 2.84. The first kappa shape index (κ1) is 14.6. The maximum absolute atomic E-state index is 12.5. The van der Waals surface area contributed by atoms with E-state index in [2.05, 4.69) is 6.92 Å². The number of anilines is 1. The van der Waals surface area contributed by atoms with Gasteiger partial charge < -0.3 is 4.74 Å². The number of ether oxygens (including phenoxy) is 1. The first-order chi connectivity index (χ1) is 10.7. The van der Waals surface area contributed by atoms with Gasteiger partial charge in [0, 0.05) is 17.4 Å². The first-order valence-corrected chi connectivity index (χ1v) is 7.71. The molecule has 0 bridgehead atoms. The Morgan fingerprint density at radius 1 is 1.14 bits per heavy atom. The lowest BCUT2D eigenvalue weighted by Crippen LogP contribution is -2.30. The lowest BCUT2D eigenvalue weighted by atomic mass is 10.1. The number of carbonyl (C=O) groups is 2. The molecule has 0 spiro atoms. The van der Waals surface area contributed by atoms with Crippen molar-refractivity contribution >= 4 is 28.3 Å². The molecule has 0 N–H and O–H groups in total. The summed E-state index contributed by atoms with van der Waals surface area (Å²) in [4.78, 5) is 25.8. The number of carbonyl (C=O) groups excluding carboxylic acids is 2. The van der Waals surface area contributed by atoms with Gasteiger partial charge >= 0.3 is 5.97 Å². The molecule has 2 aromatic rings. The van der Waals surface area contributed by atoms with Crippen LogP contribution in [0.5, 0.6) is 0 Å². The summed E-state index contributed by atoms with van der Waals surface area (Å²) in [5.41, 5.74) is 1.49. The van der Waals surface area contributed by atoms with Gasteiger partial charge in [0.25, 0.3) is 5.91 Å². The zero-order valence-corrected chi connectivity index (χ0v) is 12.7. The topological polar surface area (TPSA) is 46.6 Å². The molecule has 0 atom stereocenters. The van der Waals surface area contributed by atoms with Crippen LogP contribution in [0, 0.1) is 0 Å². The van der Waals surface area contributed by atoms with Gasteiger partial charge in [-0.1, -0.05) is 44.0 Å². The van der Waals surface area contributed by atoms with Crippen molar-refractivity contribution in [2.24, 2.45) is 0 Å².